The quantitative estimate of drug-likeness (QED) is 0.366. The van der Waals surface area contributed by atoms with Gasteiger partial charge < -0.3 is 9.64 Å². The smallest absolute Gasteiger partial charge is 0.201 e. The van der Waals surface area contributed by atoms with Crippen molar-refractivity contribution >= 4 is 5.65 Å². The molecule has 0 radical (unpaired) electrons. The zero-order valence-corrected chi connectivity index (χ0v) is 20.8. The number of ether oxygens (including phenoxy) is 1. The molecule has 0 amide bonds. The molecule has 1 saturated carbocycles. The SMILES string of the molecule is Cc1c(-c2cc(O[C@H](C)c3ccccn3)n3c(C#N)cnc3c2)nnn1C1CCN(C#N)C(C2CC2)C1. The molecule has 6 rings (SSSR count). The number of imidazole rings is 1. The van der Waals surface area contributed by atoms with Gasteiger partial charge in [0, 0.05) is 30.4 Å². The van der Waals surface area contributed by atoms with Gasteiger partial charge in [-0.15, -0.1) is 5.10 Å². The molecule has 10 heteroatoms. The van der Waals surface area contributed by atoms with Gasteiger partial charge in [0.2, 0.25) is 5.88 Å². The van der Waals surface area contributed by atoms with Crippen molar-refractivity contribution in [2.75, 3.05) is 6.54 Å². The molecule has 0 spiro atoms. The maximum Gasteiger partial charge on any atom is 0.201 e. The Hall–Kier alpha value is -4.44. The van der Waals surface area contributed by atoms with Gasteiger partial charge >= 0.3 is 0 Å². The lowest BCUT2D eigenvalue weighted by molar-refractivity contribution is 0.149. The lowest BCUT2D eigenvalue weighted by Crippen LogP contribution is -2.41. The van der Waals surface area contributed by atoms with Crippen LogP contribution >= 0.6 is 0 Å². The average Bonchev–Trinajstić information content (AvgIpc) is 3.58. The average molecular weight is 494 g/mol. The van der Waals surface area contributed by atoms with E-state index in [0.717, 1.165) is 42.0 Å². The van der Waals surface area contributed by atoms with Crippen molar-refractivity contribution in [2.45, 2.75) is 57.7 Å². The maximum atomic E-state index is 9.65. The lowest BCUT2D eigenvalue weighted by Gasteiger charge is -2.36. The summed E-state index contributed by atoms with van der Waals surface area (Å²) in [4.78, 5) is 10.8. The Balaban J connectivity index is 1.35. The highest BCUT2D eigenvalue weighted by Crippen LogP contribution is 2.42. The monoisotopic (exact) mass is 493 g/mol. The molecule has 186 valence electrons. The standard InChI is InChI=1S/C27H27N9O/c1-17-27(32-33-36(17)21-8-10-34(16-29)24(13-21)19-6-7-19)20-11-25-31-15-22(14-28)35(25)26(12-20)37-18(2)23-5-3-4-9-30-23/h3-5,9,11-12,15,18-19,21,24H,6-8,10,13H2,1-2H3/t18-,21?,24?/m1/s1. The van der Waals surface area contributed by atoms with E-state index < -0.39 is 0 Å². The second-order valence-electron chi connectivity index (χ2n) is 9.89. The largest absolute Gasteiger partial charge is 0.469 e. The molecule has 5 heterocycles. The van der Waals surface area contributed by atoms with Crippen molar-refractivity contribution in [2.24, 2.45) is 5.92 Å². The second kappa shape index (κ2) is 9.21. The Morgan fingerprint density at radius 1 is 1.14 bits per heavy atom. The van der Waals surface area contributed by atoms with Crippen molar-refractivity contribution in [3.8, 4) is 29.4 Å². The van der Waals surface area contributed by atoms with E-state index in [1.807, 2.05) is 53.8 Å². The van der Waals surface area contributed by atoms with E-state index in [1.165, 1.54) is 12.8 Å². The minimum absolute atomic E-state index is 0.205. The van der Waals surface area contributed by atoms with Gasteiger partial charge in [0.1, 0.15) is 29.2 Å². The molecule has 1 aliphatic carbocycles. The molecule has 0 bridgehead atoms. The summed E-state index contributed by atoms with van der Waals surface area (Å²) in [6.07, 6.45) is 9.49. The number of likely N-dealkylation sites (tertiary alicyclic amines) is 1. The van der Waals surface area contributed by atoms with Crippen molar-refractivity contribution in [3.05, 3.63) is 59.8 Å². The van der Waals surface area contributed by atoms with Gasteiger partial charge in [0.05, 0.1) is 23.6 Å². The molecule has 2 fully saturated rings. The first kappa shape index (κ1) is 23.0. The highest BCUT2D eigenvalue weighted by molar-refractivity contribution is 5.68. The van der Waals surface area contributed by atoms with E-state index in [9.17, 15) is 10.5 Å². The molecule has 1 saturated heterocycles. The minimum atomic E-state index is -0.338. The van der Waals surface area contributed by atoms with Crippen LogP contribution in [0.15, 0.2) is 42.7 Å². The number of aromatic nitrogens is 6. The third kappa shape index (κ3) is 4.15. The first-order valence-electron chi connectivity index (χ1n) is 12.6. The van der Waals surface area contributed by atoms with Gasteiger partial charge in [-0.25, -0.2) is 9.67 Å². The van der Waals surface area contributed by atoms with Gasteiger partial charge in [-0.2, -0.15) is 10.5 Å². The van der Waals surface area contributed by atoms with Gasteiger partial charge in [-0.05, 0) is 63.6 Å². The van der Waals surface area contributed by atoms with E-state index in [0.29, 0.717) is 23.1 Å². The number of nitriles is 2. The number of piperidine rings is 1. The molecule has 4 aromatic rings. The Kier molecular flexibility index (Phi) is 5.72. The number of nitrogens with zero attached hydrogens (tertiary/aromatic N) is 9. The normalized spacial score (nSPS) is 20.4. The van der Waals surface area contributed by atoms with Crippen LogP contribution in [-0.2, 0) is 0 Å². The van der Waals surface area contributed by atoms with E-state index in [-0.39, 0.29) is 18.2 Å². The minimum Gasteiger partial charge on any atom is -0.469 e. The van der Waals surface area contributed by atoms with E-state index in [2.05, 4.69) is 32.5 Å². The summed E-state index contributed by atoms with van der Waals surface area (Å²) in [7, 11) is 0. The number of fused-ring (bicyclic) bond motifs is 1. The summed E-state index contributed by atoms with van der Waals surface area (Å²) < 4.78 is 10.1. The van der Waals surface area contributed by atoms with Crippen LogP contribution in [0.1, 0.15) is 61.8 Å². The van der Waals surface area contributed by atoms with Gasteiger partial charge in [-0.3, -0.25) is 9.38 Å². The molecule has 0 N–H and O–H groups in total. The highest BCUT2D eigenvalue weighted by Gasteiger charge is 2.40. The number of rotatable bonds is 6. The van der Waals surface area contributed by atoms with Gasteiger partial charge in [0.15, 0.2) is 6.19 Å². The van der Waals surface area contributed by atoms with Crippen molar-refractivity contribution in [3.63, 3.8) is 0 Å². The molecular formula is C27H27N9O. The topological polar surface area (TPSA) is 121 Å². The number of hydrogen-bond acceptors (Lipinski definition) is 8. The van der Waals surface area contributed by atoms with Crippen molar-refractivity contribution in [1.82, 2.24) is 34.3 Å². The molecule has 1 aliphatic heterocycles. The Morgan fingerprint density at radius 3 is 2.73 bits per heavy atom. The summed E-state index contributed by atoms with van der Waals surface area (Å²) in [5, 5.41) is 28.3. The second-order valence-corrected chi connectivity index (χ2v) is 9.89. The summed E-state index contributed by atoms with van der Waals surface area (Å²) in [6.45, 7) is 4.71. The van der Waals surface area contributed by atoms with Crippen LogP contribution in [0, 0.1) is 35.6 Å². The zero-order chi connectivity index (χ0) is 25.5. The van der Waals surface area contributed by atoms with Crippen LogP contribution in [0.2, 0.25) is 0 Å². The molecule has 3 atom stereocenters. The van der Waals surface area contributed by atoms with Crippen molar-refractivity contribution in [1.29, 1.82) is 10.5 Å². The predicted molar refractivity (Wildman–Crippen MR) is 134 cm³/mol. The number of hydrogen-bond donors (Lipinski definition) is 0. The zero-order valence-electron chi connectivity index (χ0n) is 20.8. The van der Waals surface area contributed by atoms with Crippen LogP contribution in [-0.4, -0.2) is 46.8 Å². The Morgan fingerprint density at radius 2 is 2.00 bits per heavy atom. The maximum absolute atomic E-state index is 9.65. The predicted octanol–water partition coefficient (Wildman–Crippen LogP) is 4.20. The molecule has 2 unspecified atom stereocenters. The molecular weight excluding hydrogens is 466 g/mol. The molecule has 37 heavy (non-hydrogen) atoms. The highest BCUT2D eigenvalue weighted by atomic mass is 16.5. The van der Waals surface area contributed by atoms with Crippen LogP contribution in [0.4, 0.5) is 0 Å². The van der Waals surface area contributed by atoms with Gasteiger partial charge in [-0.1, -0.05) is 11.3 Å². The third-order valence-electron chi connectivity index (χ3n) is 7.55. The number of pyridine rings is 2. The molecule has 4 aromatic heterocycles. The Labute approximate surface area is 214 Å². The molecule has 10 nitrogen and oxygen atoms in total. The van der Waals surface area contributed by atoms with Crippen LogP contribution < -0.4 is 4.74 Å². The summed E-state index contributed by atoms with van der Waals surface area (Å²) in [6, 6.07) is 12.2. The van der Waals surface area contributed by atoms with E-state index in [4.69, 9.17) is 4.74 Å². The van der Waals surface area contributed by atoms with E-state index >= 15 is 0 Å². The van der Waals surface area contributed by atoms with E-state index in [1.54, 1.807) is 16.8 Å². The fourth-order valence-electron chi connectivity index (χ4n) is 5.44. The van der Waals surface area contributed by atoms with Crippen LogP contribution in [0.3, 0.4) is 0 Å². The summed E-state index contributed by atoms with van der Waals surface area (Å²) in [5.41, 5.74) is 4.32. The van der Waals surface area contributed by atoms with Crippen molar-refractivity contribution < 1.29 is 4.74 Å². The molecule has 2 aliphatic rings. The third-order valence-corrected chi connectivity index (χ3v) is 7.55. The first-order valence-corrected chi connectivity index (χ1v) is 12.6. The first-order chi connectivity index (χ1) is 18.1. The van der Waals surface area contributed by atoms with Gasteiger partial charge in [0.25, 0.3) is 0 Å². The van der Waals surface area contributed by atoms with Crippen LogP contribution in [0.25, 0.3) is 16.9 Å². The summed E-state index contributed by atoms with van der Waals surface area (Å²) in [5.74, 6) is 1.11. The Bertz CT molecular complexity index is 1520. The lowest BCUT2D eigenvalue weighted by atomic mass is 9.94. The molecule has 0 aromatic carbocycles. The van der Waals surface area contributed by atoms with Crippen LogP contribution in [0.5, 0.6) is 5.88 Å². The fourth-order valence-corrected chi connectivity index (χ4v) is 5.44. The fraction of sp³-hybridized carbons (Fsp3) is 0.407. The summed E-state index contributed by atoms with van der Waals surface area (Å²) >= 11 is 0.